The van der Waals surface area contributed by atoms with Crippen LogP contribution in [0.5, 0.6) is 11.5 Å². The SMILES string of the molecule is COc1cc(CN2C(=O)Cc3ncc(-c4cccc(C(F)(F)F)c4)cc32)cc(OC)c1. The summed E-state index contributed by atoms with van der Waals surface area (Å²) >= 11 is 0. The first kappa shape index (κ1) is 20.7. The first-order chi connectivity index (χ1) is 14.8. The predicted octanol–water partition coefficient (Wildman–Crippen LogP) is 4.87. The van der Waals surface area contributed by atoms with E-state index < -0.39 is 11.7 Å². The van der Waals surface area contributed by atoms with Crippen molar-refractivity contribution >= 4 is 11.6 Å². The molecule has 0 spiro atoms. The van der Waals surface area contributed by atoms with Crippen LogP contribution in [0.4, 0.5) is 18.9 Å². The number of fused-ring (bicyclic) bond motifs is 1. The molecule has 160 valence electrons. The van der Waals surface area contributed by atoms with E-state index in [0.717, 1.165) is 17.7 Å². The zero-order valence-electron chi connectivity index (χ0n) is 16.9. The van der Waals surface area contributed by atoms with Crippen LogP contribution >= 0.6 is 0 Å². The molecule has 2 heterocycles. The van der Waals surface area contributed by atoms with E-state index in [9.17, 15) is 18.0 Å². The Morgan fingerprint density at radius 2 is 1.71 bits per heavy atom. The van der Waals surface area contributed by atoms with Crippen LogP contribution in [0.1, 0.15) is 16.8 Å². The Labute approximate surface area is 177 Å². The van der Waals surface area contributed by atoms with E-state index in [0.29, 0.717) is 34.0 Å². The Balaban J connectivity index is 1.69. The summed E-state index contributed by atoms with van der Waals surface area (Å²) in [4.78, 5) is 18.6. The Kier molecular flexibility index (Phi) is 5.31. The number of benzene rings is 2. The van der Waals surface area contributed by atoms with Gasteiger partial charge in [0.15, 0.2) is 0 Å². The highest BCUT2D eigenvalue weighted by molar-refractivity contribution is 6.01. The van der Waals surface area contributed by atoms with Crippen molar-refractivity contribution < 1.29 is 27.4 Å². The second-order valence-electron chi connectivity index (χ2n) is 7.15. The van der Waals surface area contributed by atoms with Crippen molar-refractivity contribution in [3.05, 3.63) is 71.5 Å². The van der Waals surface area contributed by atoms with Crippen molar-refractivity contribution in [2.45, 2.75) is 19.1 Å². The fourth-order valence-corrected chi connectivity index (χ4v) is 3.57. The third kappa shape index (κ3) is 4.19. The number of methoxy groups -OCH3 is 2. The van der Waals surface area contributed by atoms with Gasteiger partial charge >= 0.3 is 6.18 Å². The molecule has 2 aromatic carbocycles. The van der Waals surface area contributed by atoms with Crippen molar-refractivity contribution in [2.75, 3.05) is 19.1 Å². The molecular formula is C23H19F3N2O3. The quantitative estimate of drug-likeness (QED) is 0.582. The summed E-state index contributed by atoms with van der Waals surface area (Å²) in [6, 6.07) is 12.1. The van der Waals surface area contributed by atoms with E-state index in [1.807, 2.05) is 0 Å². The van der Waals surface area contributed by atoms with Crippen LogP contribution in [0.3, 0.4) is 0 Å². The van der Waals surface area contributed by atoms with E-state index >= 15 is 0 Å². The summed E-state index contributed by atoms with van der Waals surface area (Å²) in [6.45, 7) is 0.257. The molecule has 0 bridgehead atoms. The number of pyridine rings is 1. The first-order valence-electron chi connectivity index (χ1n) is 9.47. The molecule has 1 aromatic heterocycles. The van der Waals surface area contributed by atoms with Crippen molar-refractivity contribution in [1.82, 2.24) is 4.98 Å². The first-order valence-corrected chi connectivity index (χ1v) is 9.47. The van der Waals surface area contributed by atoms with Gasteiger partial charge < -0.3 is 14.4 Å². The maximum atomic E-state index is 13.1. The van der Waals surface area contributed by atoms with E-state index in [-0.39, 0.29) is 18.9 Å². The average molecular weight is 428 g/mol. The molecule has 8 heteroatoms. The highest BCUT2D eigenvalue weighted by Gasteiger charge is 2.31. The highest BCUT2D eigenvalue weighted by atomic mass is 19.4. The number of amides is 1. The van der Waals surface area contributed by atoms with E-state index in [1.165, 1.54) is 12.3 Å². The zero-order chi connectivity index (χ0) is 22.2. The fourth-order valence-electron chi connectivity index (χ4n) is 3.57. The van der Waals surface area contributed by atoms with Crippen LogP contribution in [-0.4, -0.2) is 25.1 Å². The number of halogens is 3. The maximum Gasteiger partial charge on any atom is 0.416 e. The Morgan fingerprint density at radius 1 is 1.00 bits per heavy atom. The van der Waals surface area contributed by atoms with Gasteiger partial charge in [0, 0.05) is 17.8 Å². The Bertz CT molecular complexity index is 1120. The number of anilines is 1. The lowest BCUT2D eigenvalue weighted by molar-refractivity contribution is -0.137. The molecule has 31 heavy (non-hydrogen) atoms. The monoisotopic (exact) mass is 428 g/mol. The molecule has 1 aliphatic heterocycles. The van der Waals surface area contributed by atoms with Gasteiger partial charge in [0.1, 0.15) is 11.5 Å². The third-order valence-corrected chi connectivity index (χ3v) is 5.13. The van der Waals surface area contributed by atoms with Crippen molar-refractivity contribution in [1.29, 1.82) is 0 Å². The smallest absolute Gasteiger partial charge is 0.416 e. The van der Waals surface area contributed by atoms with Crippen LogP contribution in [0.15, 0.2) is 54.7 Å². The normalized spacial score (nSPS) is 13.3. The molecule has 0 N–H and O–H groups in total. The van der Waals surface area contributed by atoms with Gasteiger partial charge in [0.2, 0.25) is 5.91 Å². The van der Waals surface area contributed by atoms with Gasteiger partial charge in [-0.1, -0.05) is 12.1 Å². The number of aromatic nitrogens is 1. The topological polar surface area (TPSA) is 51.7 Å². The van der Waals surface area contributed by atoms with Gasteiger partial charge in [0.05, 0.1) is 44.1 Å². The number of nitrogens with zero attached hydrogens (tertiary/aromatic N) is 2. The van der Waals surface area contributed by atoms with Gasteiger partial charge in [-0.2, -0.15) is 13.2 Å². The molecule has 1 aliphatic rings. The highest BCUT2D eigenvalue weighted by Crippen LogP contribution is 2.36. The van der Waals surface area contributed by atoms with Crippen LogP contribution < -0.4 is 14.4 Å². The summed E-state index contributed by atoms with van der Waals surface area (Å²) in [5.74, 6) is 1.06. The number of carbonyl (C=O) groups is 1. The molecule has 0 saturated heterocycles. The minimum absolute atomic E-state index is 0.134. The van der Waals surface area contributed by atoms with Gasteiger partial charge in [-0.3, -0.25) is 9.78 Å². The van der Waals surface area contributed by atoms with Crippen molar-refractivity contribution in [3.8, 4) is 22.6 Å². The number of hydrogen-bond donors (Lipinski definition) is 0. The van der Waals surface area contributed by atoms with Crippen LogP contribution in [0.2, 0.25) is 0 Å². The number of ether oxygens (including phenoxy) is 2. The van der Waals surface area contributed by atoms with E-state index in [4.69, 9.17) is 9.47 Å². The van der Waals surface area contributed by atoms with E-state index in [2.05, 4.69) is 4.98 Å². The van der Waals surface area contributed by atoms with Crippen molar-refractivity contribution in [3.63, 3.8) is 0 Å². The molecule has 3 aromatic rings. The number of hydrogen-bond acceptors (Lipinski definition) is 4. The molecule has 4 rings (SSSR count). The number of alkyl halides is 3. The molecule has 0 saturated carbocycles. The van der Waals surface area contributed by atoms with Gasteiger partial charge in [-0.15, -0.1) is 0 Å². The lowest BCUT2D eigenvalue weighted by atomic mass is 10.0. The Morgan fingerprint density at radius 3 is 2.35 bits per heavy atom. The summed E-state index contributed by atoms with van der Waals surface area (Å²) in [7, 11) is 3.08. The summed E-state index contributed by atoms with van der Waals surface area (Å²) < 4.78 is 49.9. The minimum atomic E-state index is -4.44. The summed E-state index contributed by atoms with van der Waals surface area (Å²) in [6.07, 6.45) is -2.80. The molecule has 0 atom stereocenters. The molecule has 0 unspecified atom stereocenters. The molecule has 0 aliphatic carbocycles. The lowest BCUT2D eigenvalue weighted by Gasteiger charge is -2.19. The zero-order valence-corrected chi connectivity index (χ0v) is 16.9. The summed E-state index contributed by atoms with van der Waals surface area (Å²) in [5, 5.41) is 0. The van der Waals surface area contributed by atoms with Crippen molar-refractivity contribution in [2.24, 2.45) is 0 Å². The second kappa shape index (κ2) is 7.94. The molecule has 1 amide bonds. The molecule has 0 radical (unpaired) electrons. The average Bonchev–Trinajstić information content (AvgIpc) is 3.07. The lowest BCUT2D eigenvalue weighted by Crippen LogP contribution is -2.26. The third-order valence-electron chi connectivity index (χ3n) is 5.13. The summed E-state index contributed by atoms with van der Waals surface area (Å²) in [5.41, 5.74) is 2.13. The minimum Gasteiger partial charge on any atom is -0.497 e. The molecular weight excluding hydrogens is 409 g/mol. The van der Waals surface area contributed by atoms with Gasteiger partial charge in [-0.05, 0) is 41.5 Å². The van der Waals surface area contributed by atoms with Crippen LogP contribution in [0.25, 0.3) is 11.1 Å². The second-order valence-corrected chi connectivity index (χ2v) is 7.15. The number of carbonyl (C=O) groups excluding carboxylic acids is 1. The van der Waals surface area contributed by atoms with E-state index in [1.54, 1.807) is 49.5 Å². The standard InChI is InChI=1S/C23H19F3N2O3/c1-30-18-6-14(7-19(10-18)31-2)13-28-21-9-16(12-27-20(21)11-22(28)29)15-4-3-5-17(8-15)23(24,25)26/h3-10,12H,11,13H2,1-2H3. The van der Waals surface area contributed by atoms with Crippen LogP contribution in [-0.2, 0) is 23.9 Å². The molecule has 5 nitrogen and oxygen atoms in total. The van der Waals surface area contributed by atoms with Crippen LogP contribution in [0, 0.1) is 0 Å². The molecule has 0 fully saturated rings. The van der Waals surface area contributed by atoms with Gasteiger partial charge in [-0.25, -0.2) is 0 Å². The Hall–Kier alpha value is -3.55. The largest absolute Gasteiger partial charge is 0.497 e. The van der Waals surface area contributed by atoms with Gasteiger partial charge in [0.25, 0.3) is 0 Å². The fraction of sp³-hybridized carbons (Fsp3) is 0.217. The predicted molar refractivity (Wildman–Crippen MR) is 109 cm³/mol. The number of rotatable bonds is 5. The maximum absolute atomic E-state index is 13.1.